The molecular formula is C22H24N6O5S. The molecule has 0 saturated heterocycles. The van der Waals surface area contributed by atoms with E-state index in [-0.39, 0.29) is 28.8 Å². The van der Waals surface area contributed by atoms with Gasteiger partial charge in [-0.15, -0.1) is 0 Å². The third-order valence-corrected chi connectivity index (χ3v) is 6.08. The number of anilines is 2. The molecule has 3 aromatic rings. The van der Waals surface area contributed by atoms with Crippen LogP contribution in [-0.2, 0) is 20.8 Å². The molecular weight excluding hydrogens is 460 g/mol. The first kappa shape index (κ1) is 24.6. The van der Waals surface area contributed by atoms with E-state index in [2.05, 4.69) is 15.6 Å². The van der Waals surface area contributed by atoms with Crippen molar-refractivity contribution in [2.75, 3.05) is 17.2 Å². The Morgan fingerprint density at radius 3 is 2.41 bits per heavy atom. The highest BCUT2D eigenvalue weighted by molar-refractivity contribution is 7.86. The summed E-state index contributed by atoms with van der Waals surface area (Å²) < 4.78 is 30.3. The molecule has 1 unspecified atom stereocenters. The van der Waals surface area contributed by atoms with Crippen LogP contribution < -0.4 is 16.4 Å². The first-order valence-electron chi connectivity index (χ1n) is 10.2. The van der Waals surface area contributed by atoms with Crippen molar-refractivity contribution in [1.82, 2.24) is 4.98 Å². The van der Waals surface area contributed by atoms with Gasteiger partial charge in [-0.05, 0) is 30.7 Å². The Morgan fingerprint density at radius 2 is 1.79 bits per heavy atom. The summed E-state index contributed by atoms with van der Waals surface area (Å²) in [5, 5.41) is 24.9. The van der Waals surface area contributed by atoms with Crippen molar-refractivity contribution < 1.29 is 17.5 Å². The number of aryl methyl sites for hydroxylation is 1. The van der Waals surface area contributed by atoms with Gasteiger partial charge in [0.05, 0.1) is 16.4 Å². The summed E-state index contributed by atoms with van der Waals surface area (Å²) >= 11 is 0. The Morgan fingerprint density at radius 1 is 1.12 bits per heavy atom. The third kappa shape index (κ3) is 6.49. The largest absolute Gasteiger partial charge is 0.385 e. The molecule has 1 atom stereocenters. The van der Waals surface area contributed by atoms with Crippen molar-refractivity contribution in [1.29, 1.82) is 5.41 Å². The lowest BCUT2D eigenvalue weighted by atomic mass is 10.2. The maximum atomic E-state index is 12.6. The van der Waals surface area contributed by atoms with E-state index >= 15 is 0 Å². The molecule has 12 heteroatoms. The van der Waals surface area contributed by atoms with E-state index in [1.807, 2.05) is 37.3 Å². The fourth-order valence-corrected chi connectivity index (χ4v) is 3.97. The zero-order chi connectivity index (χ0) is 24.7. The number of amidine groups is 1. The van der Waals surface area contributed by atoms with Gasteiger partial charge < -0.3 is 16.4 Å². The number of nitro groups is 1. The van der Waals surface area contributed by atoms with Crippen molar-refractivity contribution in [2.24, 2.45) is 5.73 Å². The smallest absolute Gasteiger partial charge is 0.311 e. The third-order valence-electron chi connectivity index (χ3n) is 4.74. The number of nitrogens with two attached hydrogens (primary N) is 1. The summed E-state index contributed by atoms with van der Waals surface area (Å²) in [6.45, 7) is 1.93. The van der Waals surface area contributed by atoms with E-state index in [4.69, 9.17) is 15.3 Å². The van der Waals surface area contributed by atoms with Crippen LogP contribution in [0.25, 0.3) is 0 Å². The number of nitrogens with zero attached hydrogens (tertiary/aromatic N) is 2. The average Bonchev–Trinajstić information content (AvgIpc) is 2.81. The molecule has 1 aromatic heterocycles. The van der Waals surface area contributed by atoms with E-state index in [0.717, 1.165) is 11.1 Å². The van der Waals surface area contributed by atoms with Crippen LogP contribution in [0.5, 0.6) is 0 Å². The van der Waals surface area contributed by atoms with Gasteiger partial charge in [0.1, 0.15) is 11.7 Å². The van der Waals surface area contributed by atoms with Crippen molar-refractivity contribution in [3.8, 4) is 0 Å². The molecule has 0 spiro atoms. The van der Waals surface area contributed by atoms with Crippen molar-refractivity contribution in [3.63, 3.8) is 0 Å². The lowest BCUT2D eigenvalue weighted by Crippen LogP contribution is -2.38. The van der Waals surface area contributed by atoms with Crippen LogP contribution in [0.3, 0.4) is 0 Å². The predicted octanol–water partition coefficient (Wildman–Crippen LogP) is 3.03. The van der Waals surface area contributed by atoms with Crippen LogP contribution in [0.4, 0.5) is 17.3 Å². The molecule has 11 nitrogen and oxygen atoms in total. The molecule has 0 bridgehead atoms. The van der Waals surface area contributed by atoms with E-state index < -0.39 is 27.0 Å². The Hall–Kier alpha value is -4.03. The number of hydrogen-bond acceptors (Lipinski definition) is 9. The summed E-state index contributed by atoms with van der Waals surface area (Å²) in [7, 11) is -4.17. The molecule has 178 valence electrons. The number of hydrogen-bond donors (Lipinski definition) is 4. The van der Waals surface area contributed by atoms with Gasteiger partial charge in [0.25, 0.3) is 10.1 Å². The van der Waals surface area contributed by atoms with Gasteiger partial charge in [-0.1, -0.05) is 48.0 Å². The second kappa shape index (κ2) is 10.7. The SMILES string of the molecule is Cc1ccc(S(=O)(=O)OC(CNc2ccc([N+](=O)[O-])c(NCc3ccccc3)n2)C(=N)N)cc1. The van der Waals surface area contributed by atoms with E-state index in [0.29, 0.717) is 6.54 Å². The molecule has 0 aliphatic carbocycles. The average molecular weight is 485 g/mol. The molecule has 0 radical (unpaired) electrons. The van der Waals surface area contributed by atoms with Crippen LogP contribution in [0, 0.1) is 22.4 Å². The van der Waals surface area contributed by atoms with E-state index in [1.54, 1.807) is 12.1 Å². The highest BCUT2D eigenvalue weighted by atomic mass is 32.2. The first-order chi connectivity index (χ1) is 16.2. The zero-order valence-electron chi connectivity index (χ0n) is 18.3. The standard InChI is InChI=1S/C22H24N6O5S/c1-15-7-9-17(10-8-15)34(31,32)33-19(21(23)24)14-25-20-12-11-18(28(29)30)22(27-20)26-13-16-5-3-2-4-6-16/h2-12,19H,13-14H2,1H3,(H3,23,24)(H2,25,26,27). The van der Waals surface area contributed by atoms with E-state index in [9.17, 15) is 18.5 Å². The fourth-order valence-electron chi connectivity index (χ4n) is 2.92. The molecule has 0 saturated carbocycles. The summed E-state index contributed by atoms with van der Waals surface area (Å²) in [6.07, 6.45) is -1.32. The second-order valence-electron chi connectivity index (χ2n) is 7.35. The van der Waals surface area contributed by atoms with Gasteiger partial charge in [-0.25, -0.2) is 4.98 Å². The van der Waals surface area contributed by atoms with Crippen LogP contribution in [0.1, 0.15) is 11.1 Å². The highest BCUT2D eigenvalue weighted by Gasteiger charge is 2.24. The van der Waals surface area contributed by atoms with Crippen LogP contribution >= 0.6 is 0 Å². The predicted molar refractivity (Wildman–Crippen MR) is 128 cm³/mol. The Labute approximate surface area is 196 Å². The Balaban J connectivity index is 1.73. The molecule has 3 rings (SSSR count). The lowest BCUT2D eigenvalue weighted by Gasteiger charge is -2.17. The summed E-state index contributed by atoms with van der Waals surface area (Å²) in [6, 6.07) is 18.0. The van der Waals surface area contributed by atoms with Gasteiger partial charge in [-0.3, -0.25) is 19.7 Å². The maximum Gasteiger partial charge on any atom is 0.311 e. The van der Waals surface area contributed by atoms with Gasteiger partial charge in [0.2, 0.25) is 5.82 Å². The first-order valence-corrected chi connectivity index (χ1v) is 11.6. The number of aromatic nitrogens is 1. The van der Waals surface area contributed by atoms with Gasteiger partial charge in [-0.2, -0.15) is 8.42 Å². The minimum atomic E-state index is -4.17. The summed E-state index contributed by atoms with van der Waals surface area (Å²) in [5.41, 5.74) is 7.11. The number of pyridine rings is 1. The Bertz CT molecular complexity index is 1270. The molecule has 34 heavy (non-hydrogen) atoms. The quantitative estimate of drug-likeness (QED) is 0.105. The molecule has 0 aliphatic heterocycles. The molecule has 5 N–H and O–H groups in total. The zero-order valence-corrected chi connectivity index (χ0v) is 19.1. The fraction of sp³-hybridized carbons (Fsp3) is 0.182. The minimum absolute atomic E-state index is 0.0337. The summed E-state index contributed by atoms with van der Waals surface area (Å²) in [4.78, 5) is 15.0. The second-order valence-corrected chi connectivity index (χ2v) is 8.92. The van der Waals surface area contributed by atoms with Crippen molar-refractivity contribution in [3.05, 3.63) is 88.0 Å². The highest BCUT2D eigenvalue weighted by Crippen LogP contribution is 2.25. The van der Waals surface area contributed by atoms with Crippen molar-refractivity contribution >= 4 is 33.3 Å². The van der Waals surface area contributed by atoms with E-state index in [1.165, 1.54) is 24.3 Å². The normalized spacial score (nSPS) is 12.0. The molecule has 0 fully saturated rings. The molecule has 0 aliphatic rings. The number of benzene rings is 2. The van der Waals surface area contributed by atoms with Crippen LogP contribution in [0.2, 0.25) is 0 Å². The monoisotopic (exact) mass is 484 g/mol. The number of rotatable bonds is 11. The topological polar surface area (TPSA) is 173 Å². The summed E-state index contributed by atoms with van der Waals surface area (Å²) in [5.74, 6) is -0.261. The molecule has 1 heterocycles. The lowest BCUT2D eigenvalue weighted by molar-refractivity contribution is -0.384. The van der Waals surface area contributed by atoms with Crippen molar-refractivity contribution in [2.45, 2.75) is 24.5 Å². The Kier molecular flexibility index (Phi) is 7.76. The van der Waals surface area contributed by atoms with Gasteiger partial charge >= 0.3 is 5.69 Å². The van der Waals surface area contributed by atoms with Crippen LogP contribution in [-0.4, -0.2) is 36.8 Å². The molecule has 2 aromatic carbocycles. The molecule has 0 amide bonds. The minimum Gasteiger partial charge on any atom is -0.385 e. The van der Waals surface area contributed by atoms with Gasteiger partial charge in [0, 0.05) is 12.6 Å². The van der Waals surface area contributed by atoms with Crippen LogP contribution in [0.15, 0.2) is 71.6 Å². The number of nitrogens with one attached hydrogen (secondary N) is 3. The maximum absolute atomic E-state index is 12.6. The van der Waals surface area contributed by atoms with Gasteiger partial charge in [0.15, 0.2) is 6.10 Å².